The quantitative estimate of drug-likeness (QED) is 0.527. The topological polar surface area (TPSA) is 123 Å². The second kappa shape index (κ2) is 11.3. The molecule has 35 heavy (non-hydrogen) atoms. The molecule has 3 N–H and O–H groups in total. The molecule has 10 heteroatoms. The fourth-order valence-electron chi connectivity index (χ4n) is 4.54. The monoisotopic (exact) mass is 486 g/mol. The molecule has 0 spiro atoms. The summed E-state index contributed by atoms with van der Waals surface area (Å²) in [6.45, 7) is 1.41. The van der Waals surface area contributed by atoms with Gasteiger partial charge in [-0.3, -0.25) is 14.4 Å². The molecule has 2 saturated heterocycles. The number of carbonyl (C=O) groups is 3. The van der Waals surface area contributed by atoms with Crippen molar-refractivity contribution in [2.75, 3.05) is 13.1 Å². The molecule has 2 unspecified atom stereocenters. The number of likely N-dealkylation sites (tertiary alicyclic amines) is 1. The Kier molecular flexibility index (Phi) is 8.42. The van der Waals surface area contributed by atoms with E-state index in [-0.39, 0.29) is 17.9 Å². The molecule has 3 rings (SSSR count). The summed E-state index contributed by atoms with van der Waals surface area (Å²) in [5.41, 5.74) is 0.255. The summed E-state index contributed by atoms with van der Waals surface area (Å²) in [4.78, 5) is 39.5. The Morgan fingerprint density at radius 3 is 2.69 bits per heavy atom. The third kappa shape index (κ3) is 5.95. The molecule has 1 aromatic rings. The van der Waals surface area contributed by atoms with E-state index in [2.05, 4.69) is 22.5 Å². The highest BCUT2D eigenvalue weighted by molar-refractivity contribution is 5.91. The summed E-state index contributed by atoms with van der Waals surface area (Å²) in [7, 11) is 0. The molecule has 2 aliphatic rings. The molecule has 0 bridgehead atoms. The van der Waals surface area contributed by atoms with Crippen molar-refractivity contribution in [1.29, 1.82) is 5.26 Å². The van der Waals surface area contributed by atoms with Crippen LogP contribution in [0.3, 0.4) is 0 Å². The fourth-order valence-corrected chi connectivity index (χ4v) is 4.54. The molecule has 5 atom stereocenters. The number of nitrogens with zero attached hydrogens (tertiary/aromatic N) is 2. The number of halogens is 2. The van der Waals surface area contributed by atoms with Crippen LogP contribution < -0.4 is 10.6 Å². The molecular formula is C25H28F2N4O4. The molecule has 0 aliphatic carbocycles. The molecule has 2 fully saturated rings. The average Bonchev–Trinajstić information content (AvgIpc) is 2.85. The predicted octanol–water partition coefficient (Wildman–Crippen LogP) is 1.52. The zero-order valence-electron chi connectivity index (χ0n) is 19.3. The predicted molar refractivity (Wildman–Crippen MR) is 121 cm³/mol. The first-order chi connectivity index (χ1) is 16.7. The van der Waals surface area contributed by atoms with E-state index in [4.69, 9.17) is 0 Å². The number of alkyl halides is 2. The standard InChI is InChI=1S/C25H28F2N4O4/c1-2-7-19-20(23(34)30-18(15-28)14-17-10-6-12-29-22(17)33)31(13-11-25(19,26)27)24(35)21(32)16-8-4-3-5-9-16/h3-5,8-9,17-21,32H,6,10-14H2,1H3,(H,29,33)(H,30,34)/t17-,18-,19?,20-,21?/m0/s1. The van der Waals surface area contributed by atoms with Gasteiger partial charge >= 0.3 is 0 Å². The Hall–Kier alpha value is -3.50. The summed E-state index contributed by atoms with van der Waals surface area (Å²) < 4.78 is 29.7. The Morgan fingerprint density at radius 2 is 2.06 bits per heavy atom. The van der Waals surface area contributed by atoms with Gasteiger partial charge in [0.1, 0.15) is 18.0 Å². The third-order valence-electron chi connectivity index (χ3n) is 6.39. The summed E-state index contributed by atoms with van der Waals surface area (Å²) in [6.07, 6.45) is -1.11. The normalized spacial score (nSPS) is 25.2. The van der Waals surface area contributed by atoms with E-state index < -0.39 is 60.7 Å². The lowest BCUT2D eigenvalue weighted by atomic mass is 9.84. The van der Waals surface area contributed by atoms with Gasteiger partial charge in [-0.15, -0.1) is 5.92 Å². The van der Waals surface area contributed by atoms with Crippen molar-refractivity contribution < 1.29 is 28.3 Å². The van der Waals surface area contributed by atoms with Gasteiger partial charge in [0.15, 0.2) is 6.10 Å². The lowest BCUT2D eigenvalue weighted by Crippen LogP contribution is -2.63. The van der Waals surface area contributed by atoms with E-state index >= 15 is 0 Å². The smallest absolute Gasteiger partial charge is 0.265 e. The van der Waals surface area contributed by atoms with Gasteiger partial charge in [0.2, 0.25) is 11.8 Å². The minimum atomic E-state index is -3.37. The van der Waals surface area contributed by atoms with Gasteiger partial charge in [-0.25, -0.2) is 8.78 Å². The van der Waals surface area contributed by atoms with Crippen molar-refractivity contribution in [2.24, 2.45) is 11.8 Å². The van der Waals surface area contributed by atoms with Crippen molar-refractivity contribution in [2.45, 2.75) is 56.7 Å². The highest BCUT2D eigenvalue weighted by Gasteiger charge is 2.54. The van der Waals surface area contributed by atoms with Gasteiger partial charge in [0.05, 0.1) is 6.07 Å². The van der Waals surface area contributed by atoms with Crippen molar-refractivity contribution in [1.82, 2.24) is 15.5 Å². The number of hydrogen-bond donors (Lipinski definition) is 3. The largest absolute Gasteiger partial charge is 0.378 e. The minimum Gasteiger partial charge on any atom is -0.378 e. The number of aliphatic hydroxyl groups excluding tert-OH is 1. The van der Waals surface area contributed by atoms with Crippen LogP contribution in [0.5, 0.6) is 0 Å². The van der Waals surface area contributed by atoms with E-state index in [9.17, 15) is 33.5 Å². The number of amides is 3. The first kappa shape index (κ1) is 26.1. The molecule has 2 heterocycles. The molecule has 0 saturated carbocycles. The Labute approximate surface area is 202 Å². The molecule has 3 amide bonds. The van der Waals surface area contributed by atoms with Crippen molar-refractivity contribution in [3.05, 3.63) is 35.9 Å². The van der Waals surface area contributed by atoms with E-state index in [1.165, 1.54) is 19.1 Å². The van der Waals surface area contributed by atoms with Gasteiger partial charge in [0, 0.05) is 25.4 Å². The van der Waals surface area contributed by atoms with E-state index in [1.54, 1.807) is 18.2 Å². The molecule has 1 aromatic carbocycles. The van der Waals surface area contributed by atoms with Gasteiger partial charge in [0.25, 0.3) is 11.8 Å². The van der Waals surface area contributed by atoms with E-state index in [0.717, 1.165) is 11.3 Å². The number of hydrogen-bond acceptors (Lipinski definition) is 5. The van der Waals surface area contributed by atoms with Gasteiger partial charge in [-0.1, -0.05) is 36.3 Å². The van der Waals surface area contributed by atoms with Crippen LogP contribution in [0.25, 0.3) is 0 Å². The number of carbonyl (C=O) groups excluding carboxylic acids is 3. The number of nitrogens with one attached hydrogen (secondary N) is 2. The van der Waals surface area contributed by atoms with Gasteiger partial charge < -0.3 is 20.6 Å². The van der Waals surface area contributed by atoms with E-state index in [1.807, 2.05) is 6.07 Å². The fraction of sp³-hybridized carbons (Fsp3) is 0.520. The third-order valence-corrected chi connectivity index (χ3v) is 6.39. The molecule has 0 radical (unpaired) electrons. The summed E-state index contributed by atoms with van der Waals surface area (Å²) in [5, 5.41) is 25.3. The Bertz CT molecular complexity index is 1050. The van der Waals surface area contributed by atoms with Crippen LogP contribution in [0, 0.1) is 35.0 Å². The van der Waals surface area contributed by atoms with Crippen LogP contribution in [0.1, 0.15) is 44.3 Å². The zero-order chi connectivity index (χ0) is 25.6. The van der Waals surface area contributed by atoms with Crippen molar-refractivity contribution in [3.8, 4) is 17.9 Å². The zero-order valence-corrected chi connectivity index (χ0v) is 19.3. The maximum Gasteiger partial charge on any atom is 0.265 e. The lowest BCUT2D eigenvalue weighted by molar-refractivity contribution is -0.165. The van der Waals surface area contributed by atoms with Crippen LogP contribution in [-0.4, -0.2) is 58.8 Å². The SMILES string of the molecule is CC#CC1[C@@H](C(=O)N[C@H](C#N)C[C@@H]2CCCNC2=O)N(C(=O)C(O)c2ccccc2)CCC1(F)F. The number of rotatable bonds is 6. The summed E-state index contributed by atoms with van der Waals surface area (Å²) >= 11 is 0. The van der Waals surface area contributed by atoms with Crippen LogP contribution in [-0.2, 0) is 14.4 Å². The number of aliphatic hydroxyl groups is 1. The molecule has 2 aliphatic heterocycles. The van der Waals surface area contributed by atoms with E-state index in [0.29, 0.717) is 13.0 Å². The maximum absolute atomic E-state index is 14.9. The molecular weight excluding hydrogens is 458 g/mol. The lowest BCUT2D eigenvalue weighted by Gasteiger charge is -2.43. The molecule has 186 valence electrons. The molecule has 0 aromatic heterocycles. The first-order valence-corrected chi connectivity index (χ1v) is 11.5. The highest BCUT2D eigenvalue weighted by atomic mass is 19.3. The Balaban J connectivity index is 1.87. The van der Waals surface area contributed by atoms with Crippen LogP contribution in [0.4, 0.5) is 8.78 Å². The van der Waals surface area contributed by atoms with Crippen molar-refractivity contribution >= 4 is 17.7 Å². The summed E-state index contributed by atoms with van der Waals surface area (Å²) in [6, 6.07) is 7.01. The minimum absolute atomic E-state index is 0.0158. The number of nitriles is 1. The first-order valence-electron chi connectivity index (χ1n) is 11.5. The van der Waals surface area contributed by atoms with Gasteiger partial charge in [-0.05, 0) is 31.7 Å². The second-order valence-electron chi connectivity index (χ2n) is 8.73. The highest BCUT2D eigenvalue weighted by Crippen LogP contribution is 2.38. The second-order valence-corrected chi connectivity index (χ2v) is 8.73. The van der Waals surface area contributed by atoms with Crippen LogP contribution in [0.2, 0.25) is 0 Å². The number of benzene rings is 1. The molecule has 8 nitrogen and oxygen atoms in total. The van der Waals surface area contributed by atoms with Crippen molar-refractivity contribution in [3.63, 3.8) is 0 Å². The average molecular weight is 487 g/mol. The summed E-state index contributed by atoms with van der Waals surface area (Å²) in [5.74, 6) is -3.03. The number of piperidine rings is 2. The van der Waals surface area contributed by atoms with Gasteiger partial charge in [-0.2, -0.15) is 5.26 Å². The maximum atomic E-state index is 14.9. The van der Waals surface area contributed by atoms with Crippen LogP contribution >= 0.6 is 0 Å². The Morgan fingerprint density at radius 1 is 1.34 bits per heavy atom. The van der Waals surface area contributed by atoms with Crippen LogP contribution in [0.15, 0.2) is 30.3 Å².